The second-order valence-electron chi connectivity index (χ2n) is 7.45. The van der Waals surface area contributed by atoms with E-state index in [1.165, 1.54) is 0 Å². The number of hydrogen-bond acceptors (Lipinski definition) is 3. The Morgan fingerprint density at radius 3 is 1.97 bits per heavy atom. The highest BCUT2D eigenvalue weighted by molar-refractivity contribution is 9.10. The second-order valence-corrected chi connectivity index (χ2v) is 10.2. The Morgan fingerprint density at radius 2 is 1.36 bits per heavy atom. The van der Waals surface area contributed by atoms with Gasteiger partial charge in [0.1, 0.15) is 0 Å². The minimum Gasteiger partial charge on any atom is -0.321 e. The summed E-state index contributed by atoms with van der Waals surface area (Å²) in [7, 11) is -1.26. The Balaban J connectivity index is 1.61. The first-order chi connectivity index (χ1) is 16.2. The molecule has 1 amide bonds. The molecule has 1 N–H and O–H groups in total. The first-order valence-electron chi connectivity index (χ1n) is 10.5. The molecule has 0 bridgehead atoms. The Hall–Kier alpha value is -3.11. The summed E-state index contributed by atoms with van der Waals surface area (Å²) < 4.78 is 7.43. The van der Waals surface area contributed by atoms with Crippen LogP contribution in [0.5, 0.6) is 0 Å². The van der Waals surface area contributed by atoms with Crippen molar-refractivity contribution in [3.8, 4) is 0 Å². The number of halogens is 1. The van der Waals surface area contributed by atoms with Gasteiger partial charge in [-0.3, -0.25) is 4.79 Å². The van der Waals surface area contributed by atoms with Gasteiger partial charge in [0.05, 0.1) is 19.5 Å². The predicted molar refractivity (Wildman–Crippen MR) is 139 cm³/mol. The summed E-state index contributed by atoms with van der Waals surface area (Å²) in [4.78, 5) is 18.2. The van der Waals surface area contributed by atoms with Crippen LogP contribution in [0.3, 0.4) is 0 Å². The van der Waals surface area contributed by atoms with Crippen molar-refractivity contribution in [2.45, 2.75) is 6.23 Å². The summed E-state index contributed by atoms with van der Waals surface area (Å²) in [5, 5.41) is 5.06. The number of amides is 1. The zero-order valence-corrected chi connectivity index (χ0v) is 20.0. The number of carbonyl (C=O) groups is 1. The van der Waals surface area contributed by atoms with Gasteiger partial charge in [0.25, 0.3) is 5.91 Å². The maximum atomic E-state index is 13.3. The molecule has 162 valence electrons. The van der Waals surface area contributed by atoms with Gasteiger partial charge in [-0.1, -0.05) is 107 Å². The van der Waals surface area contributed by atoms with Gasteiger partial charge in [-0.15, -0.1) is 0 Å². The molecule has 1 heterocycles. The summed E-state index contributed by atoms with van der Waals surface area (Å²) in [5.41, 5.74) is 3.19. The number of nitrogens with one attached hydrogen (secondary N) is 1. The number of aliphatic imine (C=N–C) groups is 1. The SMILES string of the molecule is O=C1Nc2ccc(Br)cc2C(c2ccccc2)=NC1OP(c1ccccc1)c1ccccc1. The number of benzodiazepines with no additional fused rings is 1. The lowest BCUT2D eigenvalue weighted by molar-refractivity contribution is -0.122. The van der Waals surface area contributed by atoms with Crippen molar-refractivity contribution in [1.29, 1.82) is 0 Å². The Labute approximate surface area is 202 Å². The number of benzene rings is 4. The third-order valence-corrected chi connectivity index (χ3v) is 7.64. The maximum Gasteiger partial charge on any atom is 0.276 e. The number of fused-ring (bicyclic) bond motifs is 1. The highest BCUT2D eigenvalue weighted by atomic mass is 79.9. The van der Waals surface area contributed by atoms with E-state index in [2.05, 4.69) is 21.2 Å². The number of carbonyl (C=O) groups excluding carboxylic acids is 1. The second kappa shape index (κ2) is 9.80. The van der Waals surface area contributed by atoms with E-state index in [9.17, 15) is 4.79 Å². The van der Waals surface area contributed by atoms with Crippen molar-refractivity contribution in [3.05, 3.63) is 125 Å². The monoisotopic (exact) mass is 514 g/mol. The number of rotatable bonds is 5. The van der Waals surface area contributed by atoms with Gasteiger partial charge in [0.15, 0.2) is 0 Å². The van der Waals surface area contributed by atoms with Crippen LogP contribution in [0.2, 0.25) is 0 Å². The van der Waals surface area contributed by atoms with E-state index >= 15 is 0 Å². The molecule has 4 nitrogen and oxygen atoms in total. The third kappa shape index (κ3) is 4.81. The van der Waals surface area contributed by atoms with E-state index in [0.717, 1.165) is 26.2 Å². The normalized spacial score (nSPS) is 15.4. The zero-order valence-electron chi connectivity index (χ0n) is 17.6. The Bertz CT molecular complexity index is 1260. The van der Waals surface area contributed by atoms with Crippen LogP contribution in [-0.4, -0.2) is 17.8 Å². The molecule has 5 rings (SSSR count). The lowest BCUT2D eigenvalue weighted by Crippen LogP contribution is -2.29. The summed E-state index contributed by atoms with van der Waals surface area (Å²) in [5.74, 6) is -0.288. The third-order valence-electron chi connectivity index (χ3n) is 5.20. The van der Waals surface area contributed by atoms with Crippen molar-refractivity contribution >= 4 is 52.0 Å². The molecule has 6 heteroatoms. The lowest BCUT2D eigenvalue weighted by Gasteiger charge is -2.22. The number of anilines is 1. The Kier molecular flexibility index (Phi) is 6.45. The summed E-state index contributed by atoms with van der Waals surface area (Å²) in [6, 6.07) is 35.6. The summed E-state index contributed by atoms with van der Waals surface area (Å²) in [6.45, 7) is 0. The van der Waals surface area contributed by atoms with Gasteiger partial charge in [-0.2, -0.15) is 0 Å². The van der Waals surface area contributed by atoms with Crippen LogP contribution in [0.4, 0.5) is 5.69 Å². The molecule has 0 saturated carbocycles. The fourth-order valence-corrected chi connectivity index (χ4v) is 5.79. The van der Waals surface area contributed by atoms with E-state index in [4.69, 9.17) is 9.52 Å². The van der Waals surface area contributed by atoms with Crippen molar-refractivity contribution in [2.75, 3.05) is 5.32 Å². The molecule has 0 radical (unpaired) electrons. The molecule has 1 unspecified atom stereocenters. The highest BCUT2D eigenvalue weighted by Crippen LogP contribution is 2.38. The van der Waals surface area contributed by atoms with Crippen LogP contribution < -0.4 is 15.9 Å². The Morgan fingerprint density at radius 1 is 0.788 bits per heavy atom. The lowest BCUT2D eigenvalue weighted by atomic mass is 10.0. The van der Waals surface area contributed by atoms with Crippen molar-refractivity contribution in [3.63, 3.8) is 0 Å². The van der Waals surface area contributed by atoms with E-state index in [1.54, 1.807) is 0 Å². The van der Waals surface area contributed by atoms with Crippen LogP contribution in [0.15, 0.2) is 119 Å². The minimum atomic E-state index is -1.26. The van der Waals surface area contributed by atoms with Gasteiger partial charge in [0.2, 0.25) is 6.23 Å². The molecular formula is C27H20BrN2O2P. The largest absolute Gasteiger partial charge is 0.321 e. The first-order valence-corrected chi connectivity index (χ1v) is 12.6. The molecule has 0 fully saturated rings. The molecule has 33 heavy (non-hydrogen) atoms. The van der Waals surface area contributed by atoms with Crippen LogP contribution in [0.25, 0.3) is 0 Å². The van der Waals surface area contributed by atoms with Gasteiger partial charge in [-0.05, 0) is 18.2 Å². The molecule has 0 aromatic heterocycles. The number of nitrogens with zero attached hydrogens (tertiary/aromatic N) is 1. The smallest absolute Gasteiger partial charge is 0.276 e. The quantitative estimate of drug-likeness (QED) is 0.351. The molecule has 4 aromatic rings. The van der Waals surface area contributed by atoms with Crippen LogP contribution in [0, 0.1) is 0 Å². The zero-order chi connectivity index (χ0) is 22.6. The van der Waals surface area contributed by atoms with Crippen LogP contribution in [-0.2, 0) is 9.32 Å². The van der Waals surface area contributed by atoms with Crippen molar-refractivity contribution < 1.29 is 9.32 Å². The topological polar surface area (TPSA) is 50.7 Å². The van der Waals surface area contributed by atoms with Gasteiger partial charge >= 0.3 is 0 Å². The standard InChI is InChI=1S/C27H20BrN2O2P/c28-20-16-17-24-23(18-20)25(19-10-4-1-5-11-19)30-27(26(31)29-24)32-33(21-12-6-2-7-13-21)22-14-8-3-9-15-22/h1-18,27H,(H,29,31). The molecule has 1 atom stereocenters. The van der Waals surface area contributed by atoms with Crippen LogP contribution in [0.1, 0.15) is 11.1 Å². The summed E-state index contributed by atoms with van der Waals surface area (Å²) in [6.07, 6.45) is -1.00. The van der Waals surface area contributed by atoms with E-state index in [1.807, 2.05) is 109 Å². The average Bonchev–Trinajstić information content (AvgIpc) is 3.00. The average molecular weight is 515 g/mol. The molecular weight excluding hydrogens is 495 g/mol. The molecule has 1 aliphatic heterocycles. The highest BCUT2D eigenvalue weighted by Gasteiger charge is 2.30. The van der Waals surface area contributed by atoms with Crippen molar-refractivity contribution in [1.82, 2.24) is 0 Å². The first kappa shape index (κ1) is 21.7. The fraction of sp³-hybridized carbons (Fsp3) is 0.0370. The van der Waals surface area contributed by atoms with Gasteiger partial charge < -0.3 is 9.84 Å². The van der Waals surface area contributed by atoms with E-state index in [0.29, 0.717) is 11.4 Å². The summed E-state index contributed by atoms with van der Waals surface area (Å²) >= 11 is 3.55. The molecule has 0 spiro atoms. The van der Waals surface area contributed by atoms with E-state index in [-0.39, 0.29) is 5.91 Å². The molecule has 0 saturated heterocycles. The molecule has 1 aliphatic rings. The van der Waals surface area contributed by atoms with Gasteiger partial charge in [-0.25, -0.2) is 4.99 Å². The molecule has 4 aromatic carbocycles. The fourth-order valence-electron chi connectivity index (χ4n) is 3.66. The predicted octanol–water partition coefficient (Wildman–Crippen LogP) is 5.63. The molecule has 0 aliphatic carbocycles. The van der Waals surface area contributed by atoms with Gasteiger partial charge in [0, 0.05) is 26.2 Å². The maximum absolute atomic E-state index is 13.3. The van der Waals surface area contributed by atoms with Crippen molar-refractivity contribution in [2.24, 2.45) is 4.99 Å². The number of hydrogen-bond donors (Lipinski definition) is 1. The minimum absolute atomic E-state index is 0.288. The van der Waals surface area contributed by atoms with Crippen LogP contribution >= 0.6 is 24.1 Å². The van der Waals surface area contributed by atoms with E-state index < -0.39 is 14.4 Å².